The second-order valence-corrected chi connectivity index (χ2v) is 6.98. The SMILES string of the molecule is CC(C)(C)n1nc(Nc2cccc(SN)c2)c2c(=O)[nH]ccc21. The van der Waals surface area contributed by atoms with Gasteiger partial charge in [-0.15, -0.1) is 0 Å². The van der Waals surface area contributed by atoms with Crippen molar-refractivity contribution < 1.29 is 0 Å². The molecule has 3 rings (SSSR count). The summed E-state index contributed by atoms with van der Waals surface area (Å²) in [6, 6.07) is 9.54. The highest BCUT2D eigenvalue weighted by Crippen LogP contribution is 2.28. The largest absolute Gasteiger partial charge is 0.338 e. The van der Waals surface area contributed by atoms with Crippen LogP contribution in [0.5, 0.6) is 0 Å². The van der Waals surface area contributed by atoms with Crippen molar-refractivity contribution in [2.45, 2.75) is 31.2 Å². The lowest BCUT2D eigenvalue weighted by atomic mass is 10.1. The number of anilines is 2. The Kier molecular flexibility index (Phi) is 3.91. The Labute approximate surface area is 138 Å². The maximum atomic E-state index is 12.3. The van der Waals surface area contributed by atoms with Gasteiger partial charge in [-0.2, -0.15) is 5.10 Å². The number of rotatable bonds is 3. The maximum Gasteiger partial charge on any atom is 0.261 e. The molecule has 0 aliphatic carbocycles. The van der Waals surface area contributed by atoms with Gasteiger partial charge in [-0.1, -0.05) is 6.07 Å². The van der Waals surface area contributed by atoms with E-state index in [0.29, 0.717) is 11.2 Å². The van der Waals surface area contributed by atoms with Crippen LogP contribution >= 0.6 is 11.9 Å². The van der Waals surface area contributed by atoms with Gasteiger partial charge in [0.05, 0.1) is 11.1 Å². The van der Waals surface area contributed by atoms with Crippen molar-refractivity contribution in [3.63, 3.8) is 0 Å². The predicted octanol–water partition coefficient (Wildman–Crippen LogP) is 3.19. The number of fused-ring (bicyclic) bond motifs is 1. The molecule has 23 heavy (non-hydrogen) atoms. The van der Waals surface area contributed by atoms with Crippen LogP contribution in [0.25, 0.3) is 10.9 Å². The zero-order valence-corrected chi connectivity index (χ0v) is 14.1. The summed E-state index contributed by atoms with van der Waals surface area (Å²) in [5.41, 5.74) is 1.24. The van der Waals surface area contributed by atoms with Crippen LogP contribution in [0, 0.1) is 0 Å². The Morgan fingerprint density at radius 1 is 1.30 bits per heavy atom. The average molecular weight is 329 g/mol. The molecule has 0 unspecified atom stereocenters. The third kappa shape index (κ3) is 2.97. The third-order valence-corrected chi connectivity index (χ3v) is 4.00. The second kappa shape index (κ2) is 5.75. The van der Waals surface area contributed by atoms with E-state index < -0.39 is 0 Å². The van der Waals surface area contributed by atoms with Gasteiger partial charge in [0.1, 0.15) is 5.39 Å². The maximum absolute atomic E-state index is 12.3. The molecule has 0 bridgehead atoms. The molecule has 0 amide bonds. The number of nitrogens with one attached hydrogen (secondary N) is 2. The lowest BCUT2D eigenvalue weighted by molar-refractivity contribution is 0.369. The topological polar surface area (TPSA) is 88.7 Å². The first kappa shape index (κ1) is 15.6. The van der Waals surface area contributed by atoms with Crippen molar-refractivity contribution in [1.82, 2.24) is 14.8 Å². The van der Waals surface area contributed by atoms with E-state index >= 15 is 0 Å². The molecule has 1 aromatic carbocycles. The minimum atomic E-state index is -0.235. The molecule has 0 saturated heterocycles. The van der Waals surface area contributed by atoms with Crippen LogP contribution in [0.1, 0.15) is 20.8 Å². The predicted molar refractivity (Wildman–Crippen MR) is 95.1 cm³/mol. The zero-order chi connectivity index (χ0) is 16.6. The monoisotopic (exact) mass is 329 g/mol. The number of hydrogen-bond donors (Lipinski definition) is 3. The van der Waals surface area contributed by atoms with Crippen molar-refractivity contribution in [3.05, 3.63) is 46.9 Å². The van der Waals surface area contributed by atoms with E-state index in [-0.39, 0.29) is 11.1 Å². The van der Waals surface area contributed by atoms with Crippen LogP contribution in [0.3, 0.4) is 0 Å². The Balaban J connectivity index is 2.15. The Bertz CT molecular complexity index is 907. The van der Waals surface area contributed by atoms with Crippen LogP contribution in [-0.2, 0) is 5.54 Å². The molecule has 3 aromatic rings. The van der Waals surface area contributed by atoms with Gasteiger partial charge in [0, 0.05) is 16.8 Å². The molecule has 0 spiro atoms. The van der Waals surface area contributed by atoms with Gasteiger partial charge in [-0.3, -0.25) is 14.6 Å². The number of benzene rings is 1. The van der Waals surface area contributed by atoms with E-state index in [4.69, 9.17) is 5.14 Å². The highest BCUT2D eigenvalue weighted by Gasteiger charge is 2.21. The van der Waals surface area contributed by atoms with Gasteiger partial charge in [0.2, 0.25) is 0 Å². The van der Waals surface area contributed by atoms with E-state index in [9.17, 15) is 4.79 Å². The molecular formula is C16H19N5OS. The van der Waals surface area contributed by atoms with E-state index in [1.165, 1.54) is 11.9 Å². The van der Waals surface area contributed by atoms with E-state index in [0.717, 1.165) is 16.1 Å². The van der Waals surface area contributed by atoms with E-state index in [2.05, 4.69) is 36.2 Å². The molecule has 0 aliphatic heterocycles. The fraction of sp³-hybridized carbons (Fsp3) is 0.250. The van der Waals surface area contributed by atoms with Gasteiger partial charge in [-0.05, 0) is 57.0 Å². The molecule has 2 heterocycles. The summed E-state index contributed by atoms with van der Waals surface area (Å²) >= 11 is 1.18. The lowest BCUT2D eigenvalue weighted by Crippen LogP contribution is -2.23. The molecule has 2 aromatic heterocycles. The Hall–Kier alpha value is -2.25. The van der Waals surface area contributed by atoms with Crippen molar-refractivity contribution in [2.75, 3.05) is 5.32 Å². The summed E-state index contributed by atoms with van der Waals surface area (Å²) in [5, 5.41) is 14.0. The number of pyridine rings is 1. The standard InChI is InChI=1S/C16H19N5OS/c1-16(2,3)21-12-7-8-18-15(22)13(12)14(20-21)19-10-5-4-6-11(9-10)23-17/h4-9H,17H2,1-3H3,(H,18,22)(H,19,20). The number of nitrogens with zero attached hydrogens (tertiary/aromatic N) is 2. The molecule has 6 nitrogen and oxygen atoms in total. The van der Waals surface area contributed by atoms with Gasteiger partial charge >= 0.3 is 0 Å². The number of aromatic nitrogens is 3. The molecule has 4 N–H and O–H groups in total. The highest BCUT2D eigenvalue weighted by atomic mass is 32.2. The normalized spacial score (nSPS) is 11.8. The van der Waals surface area contributed by atoms with Crippen molar-refractivity contribution in [2.24, 2.45) is 5.14 Å². The molecule has 120 valence electrons. The number of nitrogens with two attached hydrogens (primary N) is 1. The lowest BCUT2D eigenvalue weighted by Gasteiger charge is -2.20. The van der Waals surface area contributed by atoms with E-state index in [1.807, 2.05) is 35.0 Å². The molecule has 0 radical (unpaired) electrons. The highest BCUT2D eigenvalue weighted by molar-refractivity contribution is 7.97. The Morgan fingerprint density at radius 2 is 2.09 bits per heavy atom. The summed E-state index contributed by atoms with van der Waals surface area (Å²) in [5.74, 6) is 0.538. The van der Waals surface area contributed by atoms with Crippen molar-refractivity contribution in [1.29, 1.82) is 0 Å². The van der Waals surface area contributed by atoms with E-state index in [1.54, 1.807) is 6.20 Å². The molecule has 0 atom stereocenters. The summed E-state index contributed by atoms with van der Waals surface area (Å²) < 4.78 is 1.86. The van der Waals surface area contributed by atoms with Gasteiger partial charge < -0.3 is 10.3 Å². The van der Waals surface area contributed by atoms with Crippen molar-refractivity contribution >= 4 is 34.4 Å². The smallest absolute Gasteiger partial charge is 0.261 e. The average Bonchev–Trinajstić information content (AvgIpc) is 2.88. The minimum Gasteiger partial charge on any atom is -0.338 e. The first-order valence-electron chi connectivity index (χ1n) is 7.25. The van der Waals surface area contributed by atoms with Crippen LogP contribution in [0.4, 0.5) is 11.5 Å². The van der Waals surface area contributed by atoms with Crippen LogP contribution in [0.15, 0.2) is 46.2 Å². The second-order valence-electron chi connectivity index (χ2n) is 6.27. The fourth-order valence-electron chi connectivity index (χ4n) is 2.46. The molecular weight excluding hydrogens is 310 g/mol. The molecule has 7 heteroatoms. The Morgan fingerprint density at radius 3 is 2.78 bits per heavy atom. The minimum absolute atomic E-state index is 0.162. The summed E-state index contributed by atoms with van der Waals surface area (Å²) in [6.45, 7) is 6.16. The molecule has 0 aliphatic rings. The first-order valence-corrected chi connectivity index (χ1v) is 8.13. The molecule has 0 saturated carbocycles. The van der Waals surface area contributed by atoms with Gasteiger partial charge in [0.25, 0.3) is 5.56 Å². The van der Waals surface area contributed by atoms with Crippen molar-refractivity contribution in [3.8, 4) is 0 Å². The fourth-order valence-corrected chi connectivity index (χ4v) is 2.81. The quantitative estimate of drug-likeness (QED) is 0.642. The molecule has 0 fully saturated rings. The van der Waals surface area contributed by atoms with Crippen LogP contribution in [0.2, 0.25) is 0 Å². The summed E-state index contributed by atoms with van der Waals surface area (Å²) in [6.07, 6.45) is 1.64. The first-order chi connectivity index (χ1) is 10.9. The summed E-state index contributed by atoms with van der Waals surface area (Å²) in [7, 11) is 0. The van der Waals surface area contributed by atoms with Gasteiger partial charge in [-0.25, -0.2) is 0 Å². The van der Waals surface area contributed by atoms with Gasteiger partial charge in [0.15, 0.2) is 5.82 Å². The summed E-state index contributed by atoms with van der Waals surface area (Å²) in [4.78, 5) is 15.9. The van der Waals surface area contributed by atoms with Crippen LogP contribution in [-0.4, -0.2) is 14.8 Å². The number of hydrogen-bond acceptors (Lipinski definition) is 5. The zero-order valence-electron chi connectivity index (χ0n) is 13.3. The van der Waals surface area contributed by atoms with Crippen LogP contribution < -0.4 is 16.0 Å². The number of H-pyrrole nitrogens is 1. The number of aromatic amines is 1. The third-order valence-electron chi connectivity index (χ3n) is 3.47.